The summed E-state index contributed by atoms with van der Waals surface area (Å²) >= 11 is 5.96. The van der Waals surface area contributed by atoms with Crippen LogP contribution >= 0.6 is 11.6 Å². The van der Waals surface area contributed by atoms with Gasteiger partial charge in [-0.1, -0.05) is 22.8 Å². The van der Waals surface area contributed by atoms with Crippen molar-refractivity contribution in [2.45, 2.75) is 13.0 Å². The van der Waals surface area contributed by atoms with Crippen LogP contribution in [0, 0.1) is 0 Å². The van der Waals surface area contributed by atoms with Crippen LogP contribution in [0.3, 0.4) is 0 Å². The minimum Gasteiger partial charge on any atom is -0.493 e. The summed E-state index contributed by atoms with van der Waals surface area (Å²) < 4.78 is 21.6. The number of rotatable bonds is 6. The molecular weight excluding hydrogens is 344 g/mol. The van der Waals surface area contributed by atoms with Gasteiger partial charge in [0.1, 0.15) is 5.75 Å². The van der Waals surface area contributed by atoms with Crippen molar-refractivity contribution in [3.8, 4) is 28.6 Å². The second-order valence-electron chi connectivity index (χ2n) is 5.24. The van der Waals surface area contributed by atoms with Crippen LogP contribution in [0.1, 0.15) is 18.9 Å². The molecule has 1 atom stereocenters. The Kier molecular flexibility index (Phi) is 5.09. The summed E-state index contributed by atoms with van der Waals surface area (Å²) in [6.45, 7) is 1.83. The van der Waals surface area contributed by atoms with Crippen LogP contribution in [0.2, 0.25) is 5.02 Å². The highest BCUT2D eigenvalue weighted by Crippen LogP contribution is 2.32. The SMILES string of the molecule is COc1ccc(-c2noc([C@@H](C)Oc3cccc(Cl)c3)n2)cc1OC. The third-order valence-electron chi connectivity index (χ3n) is 3.54. The third-order valence-corrected chi connectivity index (χ3v) is 3.78. The molecule has 0 aliphatic rings. The highest BCUT2D eigenvalue weighted by Gasteiger charge is 2.18. The van der Waals surface area contributed by atoms with E-state index in [0.29, 0.717) is 34.0 Å². The largest absolute Gasteiger partial charge is 0.493 e. The molecule has 0 unspecified atom stereocenters. The van der Waals surface area contributed by atoms with Crippen LogP contribution in [0.5, 0.6) is 17.2 Å². The van der Waals surface area contributed by atoms with Crippen LogP contribution in [-0.2, 0) is 0 Å². The first kappa shape index (κ1) is 17.1. The lowest BCUT2D eigenvalue weighted by Crippen LogP contribution is -2.03. The van der Waals surface area contributed by atoms with Gasteiger partial charge >= 0.3 is 0 Å². The van der Waals surface area contributed by atoms with Gasteiger partial charge in [-0.15, -0.1) is 0 Å². The molecule has 0 saturated heterocycles. The summed E-state index contributed by atoms with van der Waals surface area (Å²) in [5.74, 6) is 2.66. The van der Waals surface area contributed by atoms with Gasteiger partial charge in [0, 0.05) is 10.6 Å². The van der Waals surface area contributed by atoms with Gasteiger partial charge in [-0.2, -0.15) is 4.98 Å². The number of methoxy groups -OCH3 is 2. The summed E-state index contributed by atoms with van der Waals surface area (Å²) in [4.78, 5) is 4.40. The molecule has 2 aromatic carbocycles. The average Bonchev–Trinajstić information content (AvgIpc) is 3.11. The van der Waals surface area contributed by atoms with Crippen LogP contribution in [0.15, 0.2) is 47.0 Å². The zero-order valence-corrected chi connectivity index (χ0v) is 14.8. The molecule has 130 valence electrons. The van der Waals surface area contributed by atoms with Gasteiger partial charge in [-0.05, 0) is 43.3 Å². The Labute approximate surface area is 150 Å². The molecule has 0 aliphatic heterocycles. The fourth-order valence-corrected chi connectivity index (χ4v) is 2.47. The van der Waals surface area contributed by atoms with Crippen molar-refractivity contribution >= 4 is 11.6 Å². The zero-order chi connectivity index (χ0) is 17.8. The van der Waals surface area contributed by atoms with E-state index in [1.165, 1.54) is 0 Å². The Balaban J connectivity index is 1.80. The van der Waals surface area contributed by atoms with Gasteiger partial charge in [0.25, 0.3) is 5.89 Å². The number of halogens is 1. The standard InChI is InChI=1S/C18H17ClN2O4/c1-11(24-14-6-4-5-13(19)10-14)18-20-17(21-25-18)12-7-8-15(22-2)16(9-12)23-3/h4-11H,1-3H3/t11-/m1/s1. The third kappa shape index (κ3) is 3.85. The maximum atomic E-state index is 5.96. The first-order valence-electron chi connectivity index (χ1n) is 7.59. The van der Waals surface area contributed by atoms with Crippen LogP contribution in [0.25, 0.3) is 11.4 Å². The Bertz CT molecular complexity index is 866. The average molecular weight is 361 g/mol. The smallest absolute Gasteiger partial charge is 0.267 e. The van der Waals surface area contributed by atoms with Crippen molar-refractivity contribution in [1.82, 2.24) is 10.1 Å². The second kappa shape index (κ2) is 7.44. The number of nitrogens with zero attached hydrogens (tertiary/aromatic N) is 2. The molecule has 7 heteroatoms. The summed E-state index contributed by atoms with van der Waals surface area (Å²) in [7, 11) is 3.16. The number of aromatic nitrogens is 2. The van der Waals surface area contributed by atoms with Gasteiger partial charge in [0.15, 0.2) is 17.6 Å². The molecule has 0 amide bonds. The molecule has 3 rings (SSSR count). The van der Waals surface area contributed by atoms with E-state index in [0.717, 1.165) is 5.56 Å². The number of ether oxygens (including phenoxy) is 3. The van der Waals surface area contributed by atoms with E-state index < -0.39 is 6.10 Å². The fraction of sp³-hybridized carbons (Fsp3) is 0.222. The van der Waals surface area contributed by atoms with Gasteiger partial charge < -0.3 is 18.7 Å². The molecular formula is C18H17ClN2O4. The Morgan fingerprint density at radius 1 is 1.04 bits per heavy atom. The van der Waals surface area contributed by atoms with E-state index in [1.54, 1.807) is 38.5 Å². The van der Waals surface area contributed by atoms with E-state index in [9.17, 15) is 0 Å². The molecule has 0 N–H and O–H groups in total. The Morgan fingerprint density at radius 2 is 1.84 bits per heavy atom. The quantitative estimate of drug-likeness (QED) is 0.642. The molecule has 3 aromatic rings. The monoisotopic (exact) mass is 360 g/mol. The van der Waals surface area contributed by atoms with Gasteiger partial charge in [0.05, 0.1) is 14.2 Å². The van der Waals surface area contributed by atoms with Gasteiger partial charge in [0.2, 0.25) is 5.82 Å². The highest BCUT2D eigenvalue weighted by atomic mass is 35.5. The minimum absolute atomic E-state index is 0.366. The fourth-order valence-electron chi connectivity index (χ4n) is 2.29. The normalized spacial score (nSPS) is 11.8. The Hall–Kier alpha value is -2.73. The van der Waals surface area contributed by atoms with E-state index in [4.69, 9.17) is 30.3 Å². The van der Waals surface area contributed by atoms with E-state index in [-0.39, 0.29) is 0 Å². The maximum absolute atomic E-state index is 5.96. The molecule has 0 bridgehead atoms. The number of benzene rings is 2. The van der Waals surface area contributed by atoms with Crippen LogP contribution in [0.4, 0.5) is 0 Å². The first-order valence-corrected chi connectivity index (χ1v) is 7.96. The topological polar surface area (TPSA) is 66.6 Å². The van der Waals surface area contributed by atoms with Crippen molar-refractivity contribution in [2.75, 3.05) is 14.2 Å². The Morgan fingerprint density at radius 3 is 2.56 bits per heavy atom. The van der Waals surface area contributed by atoms with Crippen molar-refractivity contribution in [3.05, 3.63) is 53.4 Å². The summed E-state index contributed by atoms with van der Waals surface area (Å²) in [5.41, 5.74) is 0.752. The van der Waals surface area contributed by atoms with Gasteiger partial charge in [-0.25, -0.2) is 0 Å². The summed E-state index contributed by atoms with van der Waals surface area (Å²) in [6.07, 6.45) is -0.417. The predicted octanol–water partition coefficient (Wildman–Crippen LogP) is 4.55. The van der Waals surface area contributed by atoms with Crippen LogP contribution in [-0.4, -0.2) is 24.4 Å². The minimum atomic E-state index is -0.417. The van der Waals surface area contributed by atoms with E-state index in [2.05, 4.69) is 10.1 Å². The van der Waals surface area contributed by atoms with E-state index >= 15 is 0 Å². The van der Waals surface area contributed by atoms with Crippen molar-refractivity contribution in [1.29, 1.82) is 0 Å². The number of hydrogen-bond acceptors (Lipinski definition) is 6. The highest BCUT2D eigenvalue weighted by molar-refractivity contribution is 6.30. The molecule has 0 radical (unpaired) electrons. The lowest BCUT2D eigenvalue weighted by Gasteiger charge is -2.10. The van der Waals surface area contributed by atoms with Crippen molar-refractivity contribution < 1.29 is 18.7 Å². The molecule has 0 fully saturated rings. The van der Waals surface area contributed by atoms with Crippen LogP contribution < -0.4 is 14.2 Å². The lowest BCUT2D eigenvalue weighted by molar-refractivity contribution is 0.176. The molecule has 0 saturated carbocycles. The number of hydrogen-bond donors (Lipinski definition) is 0. The van der Waals surface area contributed by atoms with Crippen molar-refractivity contribution in [2.24, 2.45) is 0 Å². The molecule has 6 nitrogen and oxygen atoms in total. The summed E-state index contributed by atoms with van der Waals surface area (Å²) in [6, 6.07) is 12.5. The lowest BCUT2D eigenvalue weighted by atomic mass is 10.2. The maximum Gasteiger partial charge on any atom is 0.267 e. The van der Waals surface area contributed by atoms with E-state index in [1.807, 2.05) is 25.1 Å². The molecule has 25 heavy (non-hydrogen) atoms. The molecule has 0 spiro atoms. The zero-order valence-electron chi connectivity index (χ0n) is 14.0. The predicted molar refractivity (Wildman–Crippen MR) is 93.3 cm³/mol. The second-order valence-corrected chi connectivity index (χ2v) is 5.68. The summed E-state index contributed by atoms with van der Waals surface area (Å²) in [5, 5.41) is 4.61. The molecule has 1 heterocycles. The first-order chi connectivity index (χ1) is 12.1. The molecule has 0 aliphatic carbocycles. The van der Waals surface area contributed by atoms with Crippen molar-refractivity contribution in [3.63, 3.8) is 0 Å². The van der Waals surface area contributed by atoms with Gasteiger partial charge in [-0.3, -0.25) is 0 Å². The molecule has 1 aromatic heterocycles.